The molecule has 21 heavy (non-hydrogen) atoms. The lowest BCUT2D eigenvalue weighted by Gasteiger charge is -2.17. The number of benzene rings is 1. The number of carbonyl (C=O) groups is 2. The van der Waals surface area contributed by atoms with E-state index in [4.69, 9.17) is 5.11 Å². The average Bonchev–Trinajstić information content (AvgIpc) is 2.44. The molecule has 0 saturated carbocycles. The average molecular weight is 292 g/mol. The van der Waals surface area contributed by atoms with Crippen LogP contribution in [0.1, 0.15) is 38.3 Å². The van der Waals surface area contributed by atoms with Crippen LogP contribution >= 0.6 is 0 Å². The maximum Gasteiger partial charge on any atom is 0.326 e. The highest BCUT2D eigenvalue weighted by Crippen LogP contribution is 2.06. The third-order valence-corrected chi connectivity index (χ3v) is 3.19. The third-order valence-electron chi connectivity index (χ3n) is 3.19. The Morgan fingerprint density at radius 2 is 1.71 bits per heavy atom. The van der Waals surface area contributed by atoms with E-state index in [0.717, 1.165) is 12.0 Å². The maximum absolute atomic E-state index is 11.8. The van der Waals surface area contributed by atoms with Crippen LogP contribution in [0.5, 0.6) is 0 Å². The van der Waals surface area contributed by atoms with Gasteiger partial charge >= 0.3 is 12.0 Å². The van der Waals surface area contributed by atoms with Crippen molar-refractivity contribution < 1.29 is 14.7 Å². The van der Waals surface area contributed by atoms with Crippen LogP contribution in [0.2, 0.25) is 0 Å². The van der Waals surface area contributed by atoms with Crippen molar-refractivity contribution in [2.45, 2.75) is 46.2 Å². The van der Waals surface area contributed by atoms with Crippen molar-refractivity contribution >= 4 is 12.0 Å². The third kappa shape index (κ3) is 6.29. The van der Waals surface area contributed by atoms with Gasteiger partial charge in [-0.2, -0.15) is 0 Å². The Bertz CT molecular complexity index is 469. The molecule has 0 bridgehead atoms. The summed E-state index contributed by atoms with van der Waals surface area (Å²) in [5.74, 6) is -0.806. The van der Waals surface area contributed by atoms with Crippen LogP contribution in [0.3, 0.4) is 0 Å². The Hall–Kier alpha value is -2.04. The van der Waals surface area contributed by atoms with Crippen molar-refractivity contribution in [3.63, 3.8) is 0 Å². The fourth-order valence-electron chi connectivity index (χ4n) is 1.98. The minimum Gasteiger partial charge on any atom is -0.480 e. The molecule has 1 atom stereocenters. The van der Waals surface area contributed by atoms with E-state index in [-0.39, 0.29) is 5.92 Å². The number of amides is 2. The Kier molecular flexibility index (Phi) is 6.72. The van der Waals surface area contributed by atoms with Crippen LogP contribution in [0.15, 0.2) is 24.3 Å². The topological polar surface area (TPSA) is 78.4 Å². The molecule has 0 aliphatic rings. The Balaban J connectivity index is 2.46. The van der Waals surface area contributed by atoms with E-state index in [9.17, 15) is 9.59 Å². The summed E-state index contributed by atoms with van der Waals surface area (Å²) in [6.07, 6.45) is 1.39. The lowest BCUT2D eigenvalue weighted by Crippen LogP contribution is -2.46. The largest absolute Gasteiger partial charge is 0.480 e. The molecule has 0 saturated heterocycles. The van der Waals surface area contributed by atoms with Gasteiger partial charge in [0.25, 0.3) is 0 Å². The zero-order valence-electron chi connectivity index (χ0n) is 12.8. The highest BCUT2D eigenvalue weighted by molar-refractivity contribution is 5.82. The molecule has 0 fully saturated rings. The number of nitrogens with one attached hydrogen (secondary N) is 2. The summed E-state index contributed by atoms with van der Waals surface area (Å²) in [5.41, 5.74) is 2.23. The molecule has 2 amide bonds. The lowest BCUT2D eigenvalue weighted by atomic mass is 10.0. The monoisotopic (exact) mass is 292 g/mol. The molecule has 1 aromatic carbocycles. The number of carboxylic acid groups (broad SMARTS) is 1. The fraction of sp³-hybridized carbons (Fsp3) is 0.500. The second-order valence-corrected chi connectivity index (χ2v) is 5.52. The first kappa shape index (κ1) is 17.0. The molecule has 1 aromatic rings. The highest BCUT2D eigenvalue weighted by Gasteiger charge is 2.20. The zero-order chi connectivity index (χ0) is 15.8. The van der Waals surface area contributed by atoms with E-state index < -0.39 is 18.0 Å². The first-order valence-corrected chi connectivity index (χ1v) is 7.27. The zero-order valence-corrected chi connectivity index (χ0v) is 12.8. The first-order chi connectivity index (χ1) is 9.92. The van der Waals surface area contributed by atoms with Crippen molar-refractivity contribution in [1.29, 1.82) is 0 Å². The molecule has 5 nitrogen and oxygen atoms in total. The molecule has 0 unspecified atom stereocenters. The molecule has 0 aliphatic heterocycles. The summed E-state index contributed by atoms with van der Waals surface area (Å²) in [6, 6.07) is 6.65. The van der Waals surface area contributed by atoms with Gasteiger partial charge in [-0.3, -0.25) is 0 Å². The van der Waals surface area contributed by atoms with Gasteiger partial charge in [0, 0.05) is 6.54 Å². The molecule has 1 rings (SSSR count). The number of aliphatic carboxylic acids is 1. The molecule has 0 spiro atoms. The van der Waals surface area contributed by atoms with Gasteiger partial charge in [0.05, 0.1) is 0 Å². The number of hydrogen-bond donors (Lipinski definition) is 3. The number of aryl methyl sites for hydroxylation is 1. The molecule has 3 N–H and O–H groups in total. The number of urea groups is 1. The second-order valence-electron chi connectivity index (χ2n) is 5.52. The van der Waals surface area contributed by atoms with Gasteiger partial charge in [-0.15, -0.1) is 0 Å². The van der Waals surface area contributed by atoms with Crippen molar-refractivity contribution in [2.75, 3.05) is 0 Å². The molecular weight excluding hydrogens is 268 g/mol. The van der Waals surface area contributed by atoms with Gasteiger partial charge < -0.3 is 15.7 Å². The van der Waals surface area contributed by atoms with Crippen molar-refractivity contribution in [3.05, 3.63) is 35.4 Å². The van der Waals surface area contributed by atoms with Gasteiger partial charge in [0.2, 0.25) is 0 Å². The fourth-order valence-corrected chi connectivity index (χ4v) is 1.98. The Morgan fingerprint density at radius 1 is 1.14 bits per heavy atom. The summed E-state index contributed by atoms with van der Waals surface area (Å²) >= 11 is 0. The van der Waals surface area contributed by atoms with E-state index in [1.165, 1.54) is 5.56 Å². The smallest absolute Gasteiger partial charge is 0.326 e. The molecule has 0 radical (unpaired) electrons. The van der Waals surface area contributed by atoms with Gasteiger partial charge in [-0.05, 0) is 29.9 Å². The quantitative estimate of drug-likeness (QED) is 0.722. The van der Waals surface area contributed by atoms with Crippen molar-refractivity contribution in [3.8, 4) is 0 Å². The Labute approximate surface area is 125 Å². The summed E-state index contributed by atoms with van der Waals surface area (Å²) in [5, 5.41) is 14.2. The first-order valence-electron chi connectivity index (χ1n) is 7.27. The predicted molar refractivity (Wildman–Crippen MR) is 82.1 cm³/mol. The normalized spacial score (nSPS) is 12.0. The van der Waals surface area contributed by atoms with Crippen LogP contribution in [-0.4, -0.2) is 23.1 Å². The number of rotatable bonds is 7. The SMILES string of the molecule is CCc1ccc(CNC(=O)N[C@@H](CC(C)C)C(=O)O)cc1. The molecule has 0 aliphatic carbocycles. The molecule has 5 heteroatoms. The van der Waals surface area contributed by atoms with Crippen LogP contribution < -0.4 is 10.6 Å². The van der Waals surface area contributed by atoms with Crippen molar-refractivity contribution in [1.82, 2.24) is 10.6 Å². The summed E-state index contributed by atoms with van der Waals surface area (Å²) in [4.78, 5) is 22.8. The van der Waals surface area contributed by atoms with Gasteiger partial charge in [-0.1, -0.05) is 45.0 Å². The highest BCUT2D eigenvalue weighted by atomic mass is 16.4. The van der Waals surface area contributed by atoms with Crippen LogP contribution in [-0.2, 0) is 17.8 Å². The van der Waals surface area contributed by atoms with Gasteiger partial charge in [-0.25, -0.2) is 9.59 Å². The molecule has 116 valence electrons. The molecule has 0 heterocycles. The molecule has 0 aromatic heterocycles. The van der Waals surface area contributed by atoms with Crippen LogP contribution in [0.4, 0.5) is 4.79 Å². The van der Waals surface area contributed by atoms with Gasteiger partial charge in [0.15, 0.2) is 0 Å². The minimum absolute atomic E-state index is 0.202. The maximum atomic E-state index is 11.8. The van der Waals surface area contributed by atoms with Crippen LogP contribution in [0, 0.1) is 5.92 Å². The Morgan fingerprint density at radius 3 is 2.19 bits per heavy atom. The van der Waals surface area contributed by atoms with E-state index in [0.29, 0.717) is 13.0 Å². The van der Waals surface area contributed by atoms with E-state index in [2.05, 4.69) is 17.6 Å². The predicted octanol–water partition coefficient (Wildman–Crippen LogP) is 2.55. The summed E-state index contributed by atoms with van der Waals surface area (Å²) in [7, 11) is 0. The van der Waals surface area contributed by atoms with E-state index >= 15 is 0 Å². The summed E-state index contributed by atoms with van der Waals surface area (Å²) in [6.45, 7) is 6.31. The lowest BCUT2D eigenvalue weighted by molar-refractivity contribution is -0.139. The standard InChI is InChI=1S/C16H24N2O3/c1-4-12-5-7-13(8-6-12)10-17-16(21)18-14(15(19)20)9-11(2)3/h5-8,11,14H,4,9-10H2,1-3H3,(H,19,20)(H2,17,18,21)/t14-/m0/s1. The number of hydrogen-bond acceptors (Lipinski definition) is 2. The molecular formula is C16H24N2O3. The minimum atomic E-state index is -1.01. The summed E-state index contributed by atoms with van der Waals surface area (Å²) < 4.78 is 0. The number of carbonyl (C=O) groups excluding carboxylic acids is 1. The second kappa shape index (κ2) is 8.29. The van der Waals surface area contributed by atoms with Crippen LogP contribution in [0.25, 0.3) is 0 Å². The van der Waals surface area contributed by atoms with Gasteiger partial charge in [0.1, 0.15) is 6.04 Å². The van der Waals surface area contributed by atoms with E-state index in [1.807, 2.05) is 38.1 Å². The van der Waals surface area contributed by atoms with E-state index in [1.54, 1.807) is 0 Å². The van der Waals surface area contributed by atoms with Crippen molar-refractivity contribution in [2.24, 2.45) is 5.92 Å². The number of carboxylic acids is 1.